The molecule has 1 saturated heterocycles. The molecule has 1 aromatic carbocycles. The van der Waals surface area contributed by atoms with Gasteiger partial charge in [0.2, 0.25) is 5.91 Å². The second-order valence-electron chi connectivity index (χ2n) is 6.01. The smallest absolute Gasteiger partial charge is 0.223 e. The van der Waals surface area contributed by atoms with Crippen molar-refractivity contribution in [3.8, 4) is 5.75 Å². The van der Waals surface area contributed by atoms with Crippen LogP contribution >= 0.6 is 0 Å². The minimum atomic E-state index is 0.212. The van der Waals surface area contributed by atoms with E-state index in [-0.39, 0.29) is 11.8 Å². The molecular weight excluding hydrogens is 276 g/mol. The van der Waals surface area contributed by atoms with Crippen molar-refractivity contribution in [3.63, 3.8) is 0 Å². The number of methoxy groups -OCH3 is 1. The Kier molecular flexibility index (Phi) is 6.72. The quantitative estimate of drug-likeness (QED) is 0.841. The van der Waals surface area contributed by atoms with Crippen LogP contribution in [0, 0.1) is 5.92 Å². The van der Waals surface area contributed by atoms with E-state index < -0.39 is 0 Å². The number of hydrogen-bond donors (Lipinski definition) is 1. The number of ether oxygens (including phenoxy) is 1. The van der Waals surface area contributed by atoms with Gasteiger partial charge in [-0.2, -0.15) is 0 Å². The van der Waals surface area contributed by atoms with E-state index in [1.807, 2.05) is 12.1 Å². The molecule has 1 heterocycles. The molecule has 1 fully saturated rings. The van der Waals surface area contributed by atoms with Gasteiger partial charge in [0.1, 0.15) is 5.75 Å². The van der Waals surface area contributed by atoms with Crippen LogP contribution in [0.5, 0.6) is 5.75 Å². The minimum absolute atomic E-state index is 0.212. The van der Waals surface area contributed by atoms with Gasteiger partial charge in [-0.1, -0.05) is 19.1 Å². The topological polar surface area (TPSA) is 41.6 Å². The third kappa shape index (κ3) is 5.02. The monoisotopic (exact) mass is 304 g/mol. The Labute approximate surface area is 133 Å². The first-order valence-electron chi connectivity index (χ1n) is 8.36. The predicted molar refractivity (Wildman–Crippen MR) is 89.2 cm³/mol. The van der Waals surface area contributed by atoms with Gasteiger partial charge < -0.3 is 15.0 Å². The zero-order valence-electron chi connectivity index (χ0n) is 13.8. The Morgan fingerprint density at radius 1 is 1.27 bits per heavy atom. The minimum Gasteiger partial charge on any atom is -0.497 e. The molecule has 0 spiro atoms. The maximum absolute atomic E-state index is 12.0. The Morgan fingerprint density at radius 3 is 2.55 bits per heavy atom. The summed E-state index contributed by atoms with van der Waals surface area (Å²) < 4.78 is 5.18. The van der Waals surface area contributed by atoms with Crippen molar-refractivity contribution in [1.29, 1.82) is 0 Å². The molecule has 0 bridgehead atoms. The van der Waals surface area contributed by atoms with Crippen LogP contribution in [0.15, 0.2) is 24.3 Å². The Morgan fingerprint density at radius 2 is 1.95 bits per heavy atom. The molecular formula is C18H28N2O2. The number of hydrogen-bond acceptors (Lipinski definition) is 3. The molecule has 0 saturated carbocycles. The second kappa shape index (κ2) is 8.79. The molecule has 1 aromatic rings. The summed E-state index contributed by atoms with van der Waals surface area (Å²) in [5, 5.41) is 3.02. The number of likely N-dealkylation sites (tertiary alicyclic amines) is 1. The van der Waals surface area contributed by atoms with E-state index in [1.54, 1.807) is 7.11 Å². The summed E-state index contributed by atoms with van der Waals surface area (Å²) >= 11 is 0. The average molecular weight is 304 g/mol. The van der Waals surface area contributed by atoms with Gasteiger partial charge in [0.05, 0.1) is 7.11 Å². The number of nitrogens with one attached hydrogen (secondary N) is 1. The molecule has 0 radical (unpaired) electrons. The van der Waals surface area contributed by atoms with Crippen LogP contribution in [0.25, 0.3) is 0 Å². The highest BCUT2D eigenvalue weighted by molar-refractivity contribution is 5.78. The second-order valence-corrected chi connectivity index (χ2v) is 6.01. The first kappa shape index (κ1) is 16.8. The Bertz CT molecular complexity index is 451. The summed E-state index contributed by atoms with van der Waals surface area (Å²) in [5.41, 5.74) is 1.34. The first-order chi connectivity index (χ1) is 10.7. The number of rotatable bonds is 7. The van der Waals surface area contributed by atoms with Crippen molar-refractivity contribution in [3.05, 3.63) is 29.8 Å². The zero-order chi connectivity index (χ0) is 15.8. The number of carbonyl (C=O) groups excluding carboxylic acids is 1. The lowest BCUT2D eigenvalue weighted by molar-refractivity contribution is -0.126. The predicted octanol–water partition coefficient (Wildman–Crippen LogP) is 2.48. The standard InChI is InChI=1S/C18H28N2O2/c1-3-11-19-18(21)16-9-13-20(14-10-16)12-8-15-4-6-17(22-2)7-5-15/h4-7,16H,3,8-14H2,1-2H3,(H,19,21). The van der Waals surface area contributed by atoms with E-state index in [4.69, 9.17) is 4.74 Å². The van der Waals surface area contributed by atoms with Crippen molar-refractivity contribution >= 4 is 5.91 Å². The highest BCUT2D eigenvalue weighted by Gasteiger charge is 2.24. The van der Waals surface area contributed by atoms with Crippen LogP contribution < -0.4 is 10.1 Å². The zero-order valence-corrected chi connectivity index (χ0v) is 13.8. The van der Waals surface area contributed by atoms with Crippen LogP contribution in [0.4, 0.5) is 0 Å². The fourth-order valence-corrected chi connectivity index (χ4v) is 2.89. The normalized spacial score (nSPS) is 16.5. The molecule has 22 heavy (non-hydrogen) atoms. The van der Waals surface area contributed by atoms with E-state index in [2.05, 4.69) is 29.3 Å². The van der Waals surface area contributed by atoms with Gasteiger partial charge in [-0.05, 0) is 56.5 Å². The third-order valence-corrected chi connectivity index (χ3v) is 4.38. The Hall–Kier alpha value is -1.55. The third-order valence-electron chi connectivity index (χ3n) is 4.38. The molecule has 122 valence electrons. The largest absolute Gasteiger partial charge is 0.497 e. The molecule has 0 unspecified atom stereocenters. The lowest BCUT2D eigenvalue weighted by atomic mass is 9.95. The summed E-state index contributed by atoms with van der Waals surface area (Å²) in [7, 11) is 1.69. The molecule has 2 rings (SSSR count). The lowest BCUT2D eigenvalue weighted by Gasteiger charge is -2.31. The summed E-state index contributed by atoms with van der Waals surface area (Å²) in [6.45, 7) is 6.01. The lowest BCUT2D eigenvalue weighted by Crippen LogP contribution is -2.41. The van der Waals surface area contributed by atoms with Crippen molar-refractivity contribution < 1.29 is 9.53 Å². The highest BCUT2D eigenvalue weighted by atomic mass is 16.5. The van der Waals surface area contributed by atoms with E-state index in [0.717, 1.165) is 57.6 Å². The molecule has 0 aliphatic carbocycles. The van der Waals surface area contributed by atoms with Crippen molar-refractivity contribution in [2.45, 2.75) is 32.6 Å². The summed E-state index contributed by atoms with van der Waals surface area (Å²) in [6.07, 6.45) is 4.03. The number of piperidine rings is 1. The van der Waals surface area contributed by atoms with Crippen LogP contribution in [0.2, 0.25) is 0 Å². The van der Waals surface area contributed by atoms with E-state index in [1.165, 1.54) is 5.56 Å². The van der Waals surface area contributed by atoms with E-state index in [0.29, 0.717) is 0 Å². The maximum Gasteiger partial charge on any atom is 0.223 e. The van der Waals surface area contributed by atoms with E-state index >= 15 is 0 Å². The molecule has 0 atom stereocenters. The number of benzene rings is 1. The molecule has 1 aliphatic heterocycles. The molecule has 4 nitrogen and oxygen atoms in total. The van der Waals surface area contributed by atoms with Crippen molar-refractivity contribution in [2.75, 3.05) is 33.3 Å². The van der Waals surface area contributed by atoms with Crippen LogP contribution in [-0.2, 0) is 11.2 Å². The Balaban J connectivity index is 1.69. The van der Waals surface area contributed by atoms with E-state index in [9.17, 15) is 4.79 Å². The molecule has 4 heteroatoms. The van der Waals surface area contributed by atoms with Gasteiger partial charge in [-0.25, -0.2) is 0 Å². The SMILES string of the molecule is CCCNC(=O)C1CCN(CCc2ccc(OC)cc2)CC1. The van der Waals surface area contributed by atoms with Gasteiger partial charge in [0.15, 0.2) is 0 Å². The number of nitrogens with zero attached hydrogens (tertiary/aromatic N) is 1. The van der Waals surface area contributed by atoms with Crippen LogP contribution in [0.3, 0.4) is 0 Å². The van der Waals surface area contributed by atoms with Gasteiger partial charge in [0, 0.05) is 19.0 Å². The van der Waals surface area contributed by atoms with Gasteiger partial charge in [-0.15, -0.1) is 0 Å². The summed E-state index contributed by atoms with van der Waals surface area (Å²) in [5.74, 6) is 1.36. The molecule has 1 amide bonds. The number of carbonyl (C=O) groups is 1. The highest BCUT2D eigenvalue weighted by Crippen LogP contribution is 2.18. The van der Waals surface area contributed by atoms with Crippen molar-refractivity contribution in [2.24, 2.45) is 5.92 Å². The van der Waals surface area contributed by atoms with Crippen LogP contribution in [0.1, 0.15) is 31.7 Å². The summed E-state index contributed by atoms with van der Waals surface area (Å²) in [6, 6.07) is 8.28. The van der Waals surface area contributed by atoms with Gasteiger partial charge in [-0.3, -0.25) is 4.79 Å². The summed E-state index contributed by atoms with van der Waals surface area (Å²) in [4.78, 5) is 14.4. The fourth-order valence-electron chi connectivity index (χ4n) is 2.89. The maximum atomic E-state index is 12.0. The molecule has 1 N–H and O–H groups in total. The van der Waals surface area contributed by atoms with Crippen molar-refractivity contribution in [1.82, 2.24) is 10.2 Å². The molecule has 0 aromatic heterocycles. The van der Waals surface area contributed by atoms with Crippen LogP contribution in [-0.4, -0.2) is 44.1 Å². The molecule has 1 aliphatic rings. The number of amides is 1. The van der Waals surface area contributed by atoms with Gasteiger partial charge >= 0.3 is 0 Å². The average Bonchev–Trinajstić information content (AvgIpc) is 2.58. The first-order valence-corrected chi connectivity index (χ1v) is 8.36. The van der Waals surface area contributed by atoms with Gasteiger partial charge in [0.25, 0.3) is 0 Å². The fraction of sp³-hybridized carbons (Fsp3) is 0.611.